The van der Waals surface area contributed by atoms with Crippen molar-refractivity contribution in [1.82, 2.24) is 4.57 Å². The van der Waals surface area contributed by atoms with E-state index in [9.17, 15) is 14.3 Å². The summed E-state index contributed by atoms with van der Waals surface area (Å²) in [6.45, 7) is -0.307. The Bertz CT molecular complexity index is 1090. The van der Waals surface area contributed by atoms with Crippen LogP contribution in [0.1, 0.15) is 30.0 Å². The lowest BCUT2D eigenvalue weighted by Gasteiger charge is -2.14. The van der Waals surface area contributed by atoms with Crippen LogP contribution in [0, 0.1) is 17.1 Å². The van der Waals surface area contributed by atoms with Gasteiger partial charge in [0.05, 0.1) is 24.6 Å². The molecule has 3 aromatic rings. The molecule has 1 saturated carbocycles. The average molecular weight is 348 g/mol. The van der Waals surface area contributed by atoms with Crippen LogP contribution >= 0.6 is 0 Å². The molecule has 0 amide bonds. The lowest BCUT2D eigenvalue weighted by molar-refractivity contribution is 0.283. The van der Waals surface area contributed by atoms with Crippen molar-refractivity contribution in [1.29, 1.82) is 5.26 Å². The fourth-order valence-electron chi connectivity index (χ4n) is 3.39. The van der Waals surface area contributed by atoms with Gasteiger partial charge in [-0.25, -0.2) is 4.39 Å². The predicted molar refractivity (Wildman–Crippen MR) is 97.1 cm³/mol. The molecule has 0 bridgehead atoms. The third-order valence-electron chi connectivity index (χ3n) is 4.86. The van der Waals surface area contributed by atoms with Crippen molar-refractivity contribution in [2.45, 2.75) is 31.9 Å². The molecule has 0 unspecified atom stereocenters. The van der Waals surface area contributed by atoms with E-state index in [4.69, 9.17) is 5.26 Å². The maximum Gasteiger partial charge on any atom is 0.251 e. The van der Waals surface area contributed by atoms with E-state index >= 15 is 0 Å². The molecule has 0 saturated heterocycles. The summed E-state index contributed by atoms with van der Waals surface area (Å²) in [4.78, 5) is 12.5. The van der Waals surface area contributed by atoms with Crippen molar-refractivity contribution < 1.29 is 9.50 Å². The van der Waals surface area contributed by atoms with E-state index in [-0.39, 0.29) is 18.2 Å². The van der Waals surface area contributed by atoms with E-state index < -0.39 is 5.82 Å². The molecular formula is C21H17FN2O2. The highest BCUT2D eigenvalue weighted by Crippen LogP contribution is 2.38. The first-order valence-electron chi connectivity index (χ1n) is 8.57. The van der Waals surface area contributed by atoms with E-state index in [1.807, 2.05) is 0 Å². The van der Waals surface area contributed by atoms with Crippen LogP contribution in [0.5, 0.6) is 0 Å². The molecule has 26 heavy (non-hydrogen) atoms. The summed E-state index contributed by atoms with van der Waals surface area (Å²) in [6.07, 6.45) is 2.17. The molecule has 1 aliphatic carbocycles. The minimum atomic E-state index is -0.402. The highest BCUT2D eigenvalue weighted by Gasteiger charge is 2.27. The number of aliphatic hydroxyl groups is 1. The van der Waals surface area contributed by atoms with E-state index in [1.54, 1.807) is 34.9 Å². The zero-order valence-electron chi connectivity index (χ0n) is 14.1. The third-order valence-corrected chi connectivity index (χ3v) is 4.86. The Labute approximate surface area is 149 Å². The van der Waals surface area contributed by atoms with Gasteiger partial charge in [-0.15, -0.1) is 0 Å². The van der Waals surface area contributed by atoms with E-state index in [0.717, 1.165) is 18.4 Å². The number of aromatic nitrogens is 1. The summed E-state index contributed by atoms with van der Waals surface area (Å²) < 4.78 is 16.5. The predicted octanol–water partition coefficient (Wildman–Crippen LogP) is 3.70. The maximum absolute atomic E-state index is 14.8. The minimum absolute atomic E-state index is 0.147. The lowest BCUT2D eigenvalue weighted by Crippen LogP contribution is -2.20. The fourth-order valence-corrected chi connectivity index (χ4v) is 3.39. The van der Waals surface area contributed by atoms with Crippen LogP contribution in [0.15, 0.2) is 47.3 Å². The van der Waals surface area contributed by atoms with Crippen LogP contribution < -0.4 is 5.56 Å². The van der Waals surface area contributed by atoms with Crippen LogP contribution in [0.25, 0.3) is 22.0 Å². The number of nitrogens with zero attached hydrogens (tertiary/aromatic N) is 2. The molecule has 1 aliphatic rings. The Hall–Kier alpha value is -2.97. The molecule has 4 rings (SSSR count). The summed E-state index contributed by atoms with van der Waals surface area (Å²) in [5, 5.41) is 18.9. The molecule has 2 aromatic carbocycles. The number of benzene rings is 2. The van der Waals surface area contributed by atoms with Crippen LogP contribution in [0.3, 0.4) is 0 Å². The fraction of sp³-hybridized carbons (Fsp3) is 0.238. The molecule has 1 N–H and O–H groups in total. The van der Waals surface area contributed by atoms with Gasteiger partial charge in [0.25, 0.3) is 5.56 Å². The number of pyridine rings is 1. The summed E-state index contributed by atoms with van der Waals surface area (Å²) in [5.74, 6) is -0.402. The Kier molecular flexibility index (Phi) is 4.06. The molecule has 1 aromatic heterocycles. The van der Waals surface area contributed by atoms with Gasteiger partial charge in [-0.3, -0.25) is 4.79 Å². The first-order chi connectivity index (χ1) is 12.6. The maximum atomic E-state index is 14.8. The molecule has 1 heterocycles. The normalized spacial score (nSPS) is 13.7. The summed E-state index contributed by atoms with van der Waals surface area (Å²) in [6, 6.07) is 13.9. The van der Waals surface area contributed by atoms with Gasteiger partial charge in [-0.2, -0.15) is 5.26 Å². The first kappa shape index (κ1) is 16.5. The van der Waals surface area contributed by atoms with Crippen molar-refractivity contribution in [3.05, 3.63) is 69.8 Å². The molecule has 1 fully saturated rings. The van der Waals surface area contributed by atoms with E-state index in [0.29, 0.717) is 34.0 Å². The van der Waals surface area contributed by atoms with Gasteiger partial charge in [0, 0.05) is 23.1 Å². The molecule has 0 atom stereocenters. The molecule has 0 spiro atoms. The number of aliphatic hydroxyl groups excluding tert-OH is 1. The molecular weight excluding hydrogens is 331 g/mol. The van der Waals surface area contributed by atoms with Crippen LogP contribution in [0.2, 0.25) is 0 Å². The molecule has 130 valence electrons. The second-order valence-corrected chi connectivity index (χ2v) is 6.65. The highest BCUT2D eigenvalue weighted by molar-refractivity contribution is 5.87. The molecule has 0 radical (unpaired) electrons. The number of nitriles is 1. The van der Waals surface area contributed by atoms with Crippen LogP contribution in [-0.2, 0) is 13.0 Å². The van der Waals surface area contributed by atoms with Crippen molar-refractivity contribution in [3.63, 3.8) is 0 Å². The van der Waals surface area contributed by atoms with Gasteiger partial charge in [-0.05, 0) is 41.7 Å². The number of halogens is 1. The van der Waals surface area contributed by atoms with E-state index in [2.05, 4.69) is 6.07 Å². The summed E-state index contributed by atoms with van der Waals surface area (Å²) in [7, 11) is 0. The minimum Gasteiger partial charge on any atom is -0.392 e. The van der Waals surface area contributed by atoms with Gasteiger partial charge < -0.3 is 9.67 Å². The monoisotopic (exact) mass is 348 g/mol. The van der Waals surface area contributed by atoms with Gasteiger partial charge in [0.15, 0.2) is 0 Å². The lowest BCUT2D eigenvalue weighted by atomic mass is 9.99. The quantitative estimate of drug-likeness (QED) is 0.782. The Morgan fingerprint density at radius 3 is 2.54 bits per heavy atom. The Morgan fingerprint density at radius 1 is 1.19 bits per heavy atom. The second-order valence-electron chi connectivity index (χ2n) is 6.65. The van der Waals surface area contributed by atoms with Gasteiger partial charge >= 0.3 is 0 Å². The molecule has 5 heteroatoms. The summed E-state index contributed by atoms with van der Waals surface area (Å²) in [5.41, 5.74) is 2.90. The first-order valence-corrected chi connectivity index (χ1v) is 8.57. The van der Waals surface area contributed by atoms with Crippen molar-refractivity contribution in [3.8, 4) is 17.2 Å². The highest BCUT2D eigenvalue weighted by atomic mass is 19.1. The van der Waals surface area contributed by atoms with Crippen molar-refractivity contribution >= 4 is 10.9 Å². The SMILES string of the molecule is N#CCc1ccc(-c2cc3c(cc2F)c(CO)cc(=O)n3C2CC2)cc1. The third kappa shape index (κ3) is 2.79. The number of hydrogen-bond donors (Lipinski definition) is 1. The second kappa shape index (κ2) is 6.40. The standard InChI is InChI=1S/C21H17FN2O2/c22-19-10-18-15(12-25)9-21(26)24(16-5-6-16)20(18)11-17(19)14-3-1-13(2-4-14)7-8-23/h1-4,9-11,16,25H,5-7,12H2. The van der Waals surface area contributed by atoms with Crippen LogP contribution in [-0.4, -0.2) is 9.67 Å². The number of fused-ring (bicyclic) bond motifs is 1. The Morgan fingerprint density at radius 2 is 1.92 bits per heavy atom. The van der Waals surface area contributed by atoms with E-state index in [1.165, 1.54) is 12.1 Å². The molecule has 0 aliphatic heterocycles. The van der Waals surface area contributed by atoms with Crippen molar-refractivity contribution in [2.75, 3.05) is 0 Å². The van der Waals surface area contributed by atoms with Gasteiger partial charge in [-0.1, -0.05) is 24.3 Å². The Balaban J connectivity index is 1.94. The summed E-state index contributed by atoms with van der Waals surface area (Å²) >= 11 is 0. The van der Waals surface area contributed by atoms with Gasteiger partial charge in [0.1, 0.15) is 5.82 Å². The molecule has 4 nitrogen and oxygen atoms in total. The largest absolute Gasteiger partial charge is 0.392 e. The topological polar surface area (TPSA) is 66.0 Å². The van der Waals surface area contributed by atoms with Gasteiger partial charge in [0.2, 0.25) is 0 Å². The van der Waals surface area contributed by atoms with Crippen molar-refractivity contribution in [2.24, 2.45) is 0 Å². The number of hydrogen-bond acceptors (Lipinski definition) is 3. The van der Waals surface area contributed by atoms with Crippen LogP contribution in [0.4, 0.5) is 4.39 Å². The number of rotatable bonds is 4. The average Bonchev–Trinajstić information content (AvgIpc) is 3.47. The smallest absolute Gasteiger partial charge is 0.251 e. The zero-order valence-corrected chi connectivity index (χ0v) is 14.1. The zero-order chi connectivity index (χ0) is 18.3.